The fourth-order valence-corrected chi connectivity index (χ4v) is 2.73. The lowest BCUT2D eigenvalue weighted by Gasteiger charge is -2.29. The number of hydrogen-bond donors (Lipinski definition) is 1. The molecule has 0 radical (unpaired) electrons. The van der Waals surface area contributed by atoms with Gasteiger partial charge in [-0.3, -0.25) is 0 Å². The normalized spacial score (nSPS) is 20.3. The predicted molar refractivity (Wildman–Crippen MR) is 72.3 cm³/mol. The standard InChI is InChI=1S/C13H20ClN3/c1-9(2)12-4-3-5-17(12)13-6-10(7-15)11(14)8-16-13/h6,8-9,12H,3-5,7,15H2,1-2H3. The molecule has 0 aliphatic carbocycles. The monoisotopic (exact) mass is 253 g/mol. The van der Waals surface area contributed by atoms with Crippen LogP contribution in [0, 0.1) is 5.92 Å². The molecule has 0 amide bonds. The van der Waals surface area contributed by atoms with E-state index in [1.54, 1.807) is 6.20 Å². The van der Waals surface area contributed by atoms with Gasteiger partial charge in [0.1, 0.15) is 5.82 Å². The van der Waals surface area contributed by atoms with Crippen molar-refractivity contribution >= 4 is 17.4 Å². The number of nitrogens with zero attached hydrogens (tertiary/aromatic N) is 2. The lowest BCUT2D eigenvalue weighted by atomic mass is 10.0. The van der Waals surface area contributed by atoms with E-state index in [0.29, 0.717) is 23.5 Å². The quantitative estimate of drug-likeness (QED) is 0.901. The van der Waals surface area contributed by atoms with Crippen molar-refractivity contribution in [2.45, 2.75) is 39.3 Å². The number of halogens is 1. The third kappa shape index (κ3) is 2.55. The molecule has 1 aliphatic heterocycles. The minimum Gasteiger partial charge on any atom is -0.353 e. The summed E-state index contributed by atoms with van der Waals surface area (Å²) in [7, 11) is 0. The van der Waals surface area contributed by atoms with E-state index in [0.717, 1.165) is 17.9 Å². The number of aromatic nitrogens is 1. The van der Waals surface area contributed by atoms with E-state index in [9.17, 15) is 0 Å². The van der Waals surface area contributed by atoms with Gasteiger partial charge in [-0.15, -0.1) is 0 Å². The minimum absolute atomic E-state index is 0.467. The van der Waals surface area contributed by atoms with E-state index >= 15 is 0 Å². The molecule has 0 aromatic carbocycles. The van der Waals surface area contributed by atoms with Gasteiger partial charge in [0, 0.05) is 25.3 Å². The molecule has 1 saturated heterocycles. The van der Waals surface area contributed by atoms with Gasteiger partial charge < -0.3 is 10.6 Å². The van der Waals surface area contributed by atoms with Crippen LogP contribution in [-0.2, 0) is 6.54 Å². The molecule has 1 aromatic heterocycles. The number of rotatable bonds is 3. The second kappa shape index (κ2) is 5.23. The van der Waals surface area contributed by atoms with Gasteiger partial charge in [-0.1, -0.05) is 25.4 Å². The summed E-state index contributed by atoms with van der Waals surface area (Å²) in [5.74, 6) is 1.67. The third-order valence-electron chi connectivity index (χ3n) is 3.50. The highest BCUT2D eigenvalue weighted by molar-refractivity contribution is 6.31. The van der Waals surface area contributed by atoms with Crippen molar-refractivity contribution in [3.05, 3.63) is 22.8 Å². The summed E-state index contributed by atoms with van der Waals surface area (Å²) in [5.41, 5.74) is 6.66. The molecule has 1 aromatic rings. The zero-order valence-electron chi connectivity index (χ0n) is 10.5. The highest BCUT2D eigenvalue weighted by Crippen LogP contribution is 2.30. The molecular weight excluding hydrogens is 234 g/mol. The first-order chi connectivity index (χ1) is 8.13. The maximum atomic E-state index is 6.04. The van der Waals surface area contributed by atoms with E-state index in [2.05, 4.69) is 23.7 Å². The van der Waals surface area contributed by atoms with Crippen LogP contribution in [0.1, 0.15) is 32.3 Å². The van der Waals surface area contributed by atoms with Crippen LogP contribution < -0.4 is 10.6 Å². The van der Waals surface area contributed by atoms with Gasteiger partial charge >= 0.3 is 0 Å². The smallest absolute Gasteiger partial charge is 0.129 e. The maximum Gasteiger partial charge on any atom is 0.129 e. The van der Waals surface area contributed by atoms with E-state index in [-0.39, 0.29) is 0 Å². The largest absolute Gasteiger partial charge is 0.353 e. The van der Waals surface area contributed by atoms with Crippen molar-refractivity contribution in [3.8, 4) is 0 Å². The Morgan fingerprint density at radius 1 is 1.59 bits per heavy atom. The number of nitrogens with two attached hydrogens (primary N) is 1. The van der Waals surface area contributed by atoms with Crippen molar-refractivity contribution in [1.82, 2.24) is 4.98 Å². The fourth-order valence-electron chi connectivity index (χ4n) is 2.55. The van der Waals surface area contributed by atoms with Crippen molar-refractivity contribution in [1.29, 1.82) is 0 Å². The molecule has 0 saturated carbocycles. The first kappa shape index (κ1) is 12.7. The summed E-state index contributed by atoms with van der Waals surface area (Å²) in [6, 6.07) is 2.62. The van der Waals surface area contributed by atoms with Gasteiger partial charge in [0.15, 0.2) is 0 Å². The second-order valence-corrected chi connectivity index (χ2v) is 5.39. The van der Waals surface area contributed by atoms with Crippen molar-refractivity contribution in [3.63, 3.8) is 0 Å². The maximum absolute atomic E-state index is 6.04. The van der Waals surface area contributed by atoms with Crippen molar-refractivity contribution in [2.75, 3.05) is 11.4 Å². The molecule has 1 atom stereocenters. The number of hydrogen-bond acceptors (Lipinski definition) is 3. The van der Waals surface area contributed by atoms with Crippen LogP contribution in [0.5, 0.6) is 0 Å². The minimum atomic E-state index is 0.467. The Balaban J connectivity index is 2.27. The first-order valence-corrected chi connectivity index (χ1v) is 6.62. The SMILES string of the molecule is CC(C)C1CCCN1c1cc(CN)c(Cl)cn1. The molecule has 0 bridgehead atoms. The Bertz CT molecular complexity index is 392. The lowest BCUT2D eigenvalue weighted by Crippen LogP contribution is -2.34. The molecule has 17 heavy (non-hydrogen) atoms. The summed E-state index contributed by atoms with van der Waals surface area (Å²) in [4.78, 5) is 6.83. The lowest BCUT2D eigenvalue weighted by molar-refractivity contribution is 0.489. The van der Waals surface area contributed by atoms with Gasteiger partial charge in [0.25, 0.3) is 0 Å². The molecule has 0 spiro atoms. The van der Waals surface area contributed by atoms with E-state index < -0.39 is 0 Å². The Hall–Kier alpha value is -0.800. The summed E-state index contributed by atoms with van der Waals surface area (Å²) in [6.45, 7) is 6.08. The molecule has 94 valence electrons. The molecule has 2 rings (SSSR count). The molecule has 1 unspecified atom stereocenters. The fraction of sp³-hybridized carbons (Fsp3) is 0.615. The third-order valence-corrected chi connectivity index (χ3v) is 3.84. The van der Waals surface area contributed by atoms with Crippen LogP contribution in [0.2, 0.25) is 5.02 Å². The van der Waals surface area contributed by atoms with Gasteiger partial charge in [-0.25, -0.2) is 4.98 Å². The van der Waals surface area contributed by atoms with Gasteiger partial charge in [0.2, 0.25) is 0 Å². The Morgan fingerprint density at radius 3 is 3.00 bits per heavy atom. The van der Waals surface area contributed by atoms with Crippen LogP contribution in [0.4, 0.5) is 5.82 Å². The predicted octanol–water partition coefficient (Wildman–Crippen LogP) is 2.82. The summed E-state index contributed by atoms with van der Waals surface area (Å²) >= 11 is 6.04. The Kier molecular flexibility index (Phi) is 3.89. The average Bonchev–Trinajstić information content (AvgIpc) is 2.78. The zero-order chi connectivity index (χ0) is 12.4. The number of pyridine rings is 1. The summed E-state index contributed by atoms with van der Waals surface area (Å²) < 4.78 is 0. The molecule has 3 nitrogen and oxygen atoms in total. The Labute approximate surface area is 108 Å². The molecule has 4 heteroatoms. The molecule has 1 aliphatic rings. The van der Waals surface area contributed by atoms with Gasteiger partial charge in [-0.05, 0) is 30.4 Å². The van der Waals surface area contributed by atoms with Crippen molar-refractivity contribution in [2.24, 2.45) is 11.7 Å². The van der Waals surface area contributed by atoms with Crippen LogP contribution in [-0.4, -0.2) is 17.6 Å². The number of anilines is 1. The molecule has 2 N–H and O–H groups in total. The van der Waals surface area contributed by atoms with Crippen LogP contribution >= 0.6 is 11.6 Å². The van der Waals surface area contributed by atoms with E-state index in [1.165, 1.54) is 12.8 Å². The van der Waals surface area contributed by atoms with Crippen molar-refractivity contribution < 1.29 is 0 Å². The molecule has 2 heterocycles. The van der Waals surface area contributed by atoms with Crippen LogP contribution in [0.3, 0.4) is 0 Å². The van der Waals surface area contributed by atoms with Gasteiger partial charge in [-0.2, -0.15) is 0 Å². The average molecular weight is 254 g/mol. The Morgan fingerprint density at radius 2 is 2.35 bits per heavy atom. The summed E-state index contributed by atoms with van der Waals surface area (Å²) in [6.07, 6.45) is 4.21. The topological polar surface area (TPSA) is 42.1 Å². The van der Waals surface area contributed by atoms with Gasteiger partial charge in [0.05, 0.1) is 5.02 Å². The highest BCUT2D eigenvalue weighted by atomic mass is 35.5. The van der Waals surface area contributed by atoms with E-state index in [4.69, 9.17) is 17.3 Å². The van der Waals surface area contributed by atoms with Crippen LogP contribution in [0.25, 0.3) is 0 Å². The molecular formula is C13H20ClN3. The molecule has 1 fully saturated rings. The highest BCUT2D eigenvalue weighted by Gasteiger charge is 2.28. The summed E-state index contributed by atoms with van der Waals surface area (Å²) in [5, 5.41) is 0.663. The van der Waals surface area contributed by atoms with E-state index in [1.807, 2.05) is 6.07 Å². The zero-order valence-corrected chi connectivity index (χ0v) is 11.2. The first-order valence-electron chi connectivity index (χ1n) is 6.24. The second-order valence-electron chi connectivity index (χ2n) is 4.99. The van der Waals surface area contributed by atoms with Crippen LogP contribution in [0.15, 0.2) is 12.3 Å².